The Hall–Kier alpha value is -1.44. The van der Waals surface area contributed by atoms with E-state index in [1.54, 1.807) is 0 Å². The van der Waals surface area contributed by atoms with Gasteiger partial charge in [-0.1, -0.05) is 0 Å². The number of piperidine rings is 1. The number of aromatic nitrogens is 3. The highest BCUT2D eigenvalue weighted by molar-refractivity contribution is 7.91. The molecule has 2 fully saturated rings. The van der Waals surface area contributed by atoms with Crippen molar-refractivity contribution >= 4 is 15.7 Å². The standard InChI is InChI=1S/C12H18N4O3S/c1-20(18,19)11-4-9-2-3-10(5-11)16(9)12(17)6-15-8-13-7-14-15/h7-11H,2-6H2,1H3. The largest absolute Gasteiger partial charge is 0.335 e. The van der Waals surface area contributed by atoms with Crippen molar-refractivity contribution in [2.24, 2.45) is 0 Å². The Labute approximate surface area is 117 Å². The molecule has 0 aromatic carbocycles. The van der Waals surface area contributed by atoms with Gasteiger partial charge in [0.2, 0.25) is 5.91 Å². The molecular weight excluding hydrogens is 280 g/mol. The maximum Gasteiger partial charge on any atom is 0.244 e. The molecule has 0 radical (unpaired) electrons. The van der Waals surface area contributed by atoms with Gasteiger partial charge in [0.15, 0.2) is 0 Å². The van der Waals surface area contributed by atoms with Crippen molar-refractivity contribution in [3.63, 3.8) is 0 Å². The fraction of sp³-hybridized carbons (Fsp3) is 0.750. The number of amides is 1. The van der Waals surface area contributed by atoms with Crippen molar-refractivity contribution in [3.8, 4) is 0 Å². The predicted octanol–water partition coefficient (Wildman–Crippen LogP) is -0.155. The van der Waals surface area contributed by atoms with E-state index in [2.05, 4.69) is 10.1 Å². The molecule has 1 aromatic heterocycles. The van der Waals surface area contributed by atoms with Crippen molar-refractivity contribution in [2.45, 2.75) is 49.6 Å². The third-order valence-electron chi connectivity index (χ3n) is 4.35. The van der Waals surface area contributed by atoms with Crippen LogP contribution in [0.1, 0.15) is 25.7 Å². The average Bonchev–Trinajstić information content (AvgIpc) is 2.94. The highest BCUT2D eigenvalue weighted by atomic mass is 32.2. The third kappa shape index (κ3) is 2.44. The van der Waals surface area contributed by atoms with Gasteiger partial charge in [0.25, 0.3) is 0 Å². The summed E-state index contributed by atoms with van der Waals surface area (Å²) < 4.78 is 24.9. The number of carbonyl (C=O) groups excluding carboxylic acids is 1. The summed E-state index contributed by atoms with van der Waals surface area (Å²) >= 11 is 0. The molecule has 8 heteroatoms. The van der Waals surface area contributed by atoms with E-state index in [1.165, 1.54) is 23.6 Å². The van der Waals surface area contributed by atoms with E-state index in [0.29, 0.717) is 12.8 Å². The quantitative estimate of drug-likeness (QED) is 0.774. The van der Waals surface area contributed by atoms with Crippen molar-refractivity contribution in [1.29, 1.82) is 0 Å². The minimum atomic E-state index is -3.02. The second-order valence-electron chi connectivity index (χ2n) is 5.70. The molecule has 7 nitrogen and oxygen atoms in total. The summed E-state index contributed by atoms with van der Waals surface area (Å²) in [5.41, 5.74) is 0. The monoisotopic (exact) mass is 298 g/mol. The van der Waals surface area contributed by atoms with Gasteiger partial charge in [-0.05, 0) is 25.7 Å². The first-order chi connectivity index (χ1) is 9.45. The van der Waals surface area contributed by atoms with Crippen LogP contribution >= 0.6 is 0 Å². The molecule has 1 amide bonds. The van der Waals surface area contributed by atoms with Crippen LogP contribution in [0.5, 0.6) is 0 Å². The molecular formula is C12H18N4O3S. The normalized spacial score (nSPS) is 29.6. The van der Waals surface area contributed by atoms with Crippen molar-refractivity contribution in [2.75, 3.05) is 6.26 Å². The third-order valence-corrected chi connectivity index (χ3v) is 5.94. The van der Waals surface area contributed by atoms with Crippen LogP contribution in [-0.4, -0.2) is 57.6 Å². The van der Waals surface area contributed by atoms with Crippen LogP contribution in [0.25, 0.3) is 0 Å². The zero-order valence-electron chi connectivity index (χ0n) is 11.3. The molecule has 3 rings (SSSR count). The number of hydrogen-bond donors (Lipinski definition) is 0. The molecule has 2 aliphatic heterocycles. The van der Waals surface area contributed by atoms with Crippen LogP contribution in [-0.2, 0) is 21.2 Å². The molecule has 2 bridgehead atoms. The van der Waals surface area contributed by atoms with Gasteiger partial charge in [-0.3, -0.25) is 4.79 Å². The van der Waals surface area contributed by atoms with Crippen LogP contribution in [0, 0.1) is 0 Å². The van der Waals surface area contributed by atoms with E-state index in [4.69, 9.17) is 0 Å². The fourth-order valence-electron chi connectivity index (χ4n) is 3.42. The van der Waals surface area contributed by atoms with E-state index in [0.717, 1.165) is 12.8 Å². The molecule has 2 unspecified atom stereocenters. The minimum absolute atomic E-state index is 0.00921. The summed E-state index contributed by atoms with van der Waals surface area (Å²) in [6, 6.07) is 0.119. The second kappa shape index (κ2) is 4.83. The van der Waals surface area contributed by atoms with Crippen LogP contribution in [0.4, 0.5) is 0 Å². The SMILES string of the molecule is CS(=O)(=O)C1CC2CCC(C1)N2C(=O)Cn1cncn1. The molecule has 1 aromatic rings. The molecule has 2 saturated heterocycles. The lowest BCUT2D eigenvalue weighted by Gasteiger charge is -2.38. The maximum atomic E-state index is 12.4. The molecule has 0 aliphatic carbocycles. The minimum Gasteiger partial charge on any atom is -0.335 e. The highest BCUT2D eigenvalue weighted by Crippen LogP contribution is 2.38. The highest BCUT2D eigenvalue weighted by Gasteiger charge is 2.45. The lowest BCUT2D eigenvalue weighted by atomic mass is 10.0. The first kappa shape index (κ1) is 13.5. The van der Waals surface area contributed by atoms with Gasteiger partial charge in [0.1, 0.15) is 29.0 Å². The molecule has 0 saturated carbocycles. The van der Waals surface area contributed by atoms with E-state index in [1.807, 2.05) is 4.90 Å². The van der Waals surface area contributed by atoms with Gasteiger partial charge in [-0.25, -0.2) is 18.1 Å². The molecule has 20 heavy (non-hydrogen) atoms. The van der Waals surface area contributed by atoms with Crippen molar-refractivity contribution < 1.29 is 13.2 Å². The average molecular weight is 298 g/mol. The fourth-order valence-corrected chi connectivity index (χ4v) is 4.56. The Balaban J connectivity index is 1.72. The van der Waals surface area contributed by atoms with Crippen LogP contribution in [0.2, 0.25) is 0 Å². The van der Waals surface area contributed by atoms with Gasteiger partial charge in [-0.15, -0.1) is 0 Å². The first-order valence-corrected chi connectivity index (χ1v) is 8.73. The maximum absolute atomic E-state index is 12.4. The number of hydrogen-bond acceptors (Lipinski definition) is 5. The van der Waals surface area contributed by atoms with Crippen molar-refractivity contribution in [1.82, 2.24) is 19.7 Å². The molecule has 2 aliphatic rings. The number of carbonyl (C=O) groups is 1. The molecule has 110 valence electrons. The zero-order chi connectivity index (χ0) is 14.3. The van der Waals surface area contributed by atoms with Gasteiger partial charge in [0, 0.05) is 18.3 Å². The Morgan fingerprint density at radius 2 is 1.95 bits per heavy atom. The lowest BCUT2D eigenvalue weighted by molar-refractivity contribution is -0.136. The van der Waals surface area contributed by atoms with E-state index < -0.39 is 9.84 Å². The molecule has 0 spiro atoms. The zero-order valence-corrected chi connectivity index (χ0v) is 12.2. The van der Waals surface area contributed by atoms with Gasteiger partial charge in [-0.2, -0.15) is 5.10 Å². The molecule has 2 atom stereocenters. The summed E-state index contributed by atoms with van der Waals surface area (Å²) in [5, 5.41) is 3.64. The number of sulfone groups is 1. The first-order valence-electron chi connectivity index (χ1n) is 6.77. The molecule has 3 heterocycles. The Morgan fingerprint density at radius 1 is 1.30 bits per heavy atom. The van der Waals surface area contributed by atoms with Gasteiger partial charge >= 0.3 is 0 Å². The second-order valence-corrected chi connectivity index (χ2v) is 8.03. The van der Waals surface area contributed by atoms with Crippen LogP contribution in [0.15, 0.2) is 12.7 Å². The summed E-state index contributed by atoms with van der Waals surface area (Å²) in [7, 11) is -3.02. The van der Waals surface area contributed by atoms with Crippen LogP contribution < -0.4 is 0 Å². The predicted molar refractivity (Wildman–Crippen MR) is 71.5 cm³/mol. The van der Waals surface area contributed by atoms with Gasteiger partial charge in [0.05, 0.1) is 5.25 Å². The lowest BCUT2D eigenvalue weighted by Crippen LogP contribution is -2.50. The number of rotatable bonds is 3. The van der Waals surface area contributed by atoms with E-state index in [-0.39, 0.29) is 29.8 Å². The summed E-state index contributed by atoms with van der Waals surface area (Å²) in [5.74, 6) is 0.00921. The topological polar surface area (TPSA) is 85.2 Å². The number of fused-ring (bicyclic) bond motifs is 2. The van der Waals surface area contributed by atoms with E-state index >= 15 is 0 Å². The summed E-state index contributed by atoms with van der Waals surface area (Å²) in [6.07, 6.45) is 7.15. The molecule has 0 N–H and O–H groups in total. The summed E-state index contributed by atoms with van der Waals surface area (Å²) in [6.45, 7) is 0.177. The smallest absolute Gasteiger partial charge is 0.244 e. The Bertz CT molecular complexity index is 584. The van der Waals surface area contributed by atoms with E-state index in [9.17, 15) is 13.2 Å². The Kier molecular flexibility index (Phi) is 3.27. The Morgan fingerprint density at radius 3 is 2.45 bits per heavy atom. The summed E-state index contributed by atoms with van der Waals surface area (Å²) in [4.78, 5) is 18.1. The van der Waals surface area contributed by atoms with Crippen molar-refractivity contribution in [3.05, 3.63) is 12.7 Å². The van der Waals surface area contributed by atoms with Crippen LogP contribution in [0.3, 0.4) is 0 Å². The number of nitrogens with zero attached hydrogens (tertiary/aromatic N) is 4. The van der Waals surface area contributed by atoms with Gasteiger partial charge < -0.3 is 4.90 Å².